The van der Waals surface area contributed by atoms with Gasteiger partial charge in [0.15, 0.2) is 6.29 Å². The number of carbonyl (C=O) groups excluding carboxylic acids is 1. The maximum absolute atomic E-state index is 11.7. The summed E-state index contributed by atoms with van der Waals surface area (Å²) in [6.45, 7) is 0.940. The number of benzene rings is 1. The van der Waals surface area contributed by atoms with E-state index in [1.54, 1.807) is 12.1 Å². The van der Waals surface area contributed by atoms with E-state index in [0.29, 0.717) is 5.56 Å². The molecule has 1 heterocycles. The Kier molecular flexibility index (Phi) is 4.53. The summed E-state index contributed by atoms with van der Waals surface area (Å²) in [5.74, 6) is -0.124. The molecule has 1 aromatic carbocycles. The summed E-state index contributed by atoms with van der Waals surface area (Å²) in [4.78, 5) is 11.7. The van der Waals surface area contributed by atoms with Crippen LogP contribution >= 0.6 is 0 Å². The van der Waals surface area contributed by atoms with E-state index in [9.17, 15) is 4.79 Å². The Labute approximate surface area is 101 Å². The second-order valence-electron chi connectivity index (χ2n) is 3.98. The number of hydrogen-bond acceptors (Lipinski definition) is 3. The van der Waals surface area contributed by atoms with Gasteiger partial charge >= 0.3 is 0 Å². The van der Waals surface area contributed by atoms with Gasteiger partial charge in [-0.2, -0.15) is 0 Å². The Morgan fingerprint density at radius 2 is 2.18 bits per heavy atom. The number of nitrogens with one attached hydrogen (secondary N) is 1. The normalized spacial score (nSPS) is 19.9. The van der Waals surface area contributed by atoms with Crippen LogP contribution in [-0.4, -0.2) is 25.5 Å². The van der Waals surface area contributed by atoms with Crippen molar-refractivity contribution in [3.8, 4) is 0 Å². The molecule has 1 saturated heterocycles. The van der Waals surface area contributed by atoms with Crippen molar-refractivity contribution in [3.05, 3.63) is 35.9 Å². The van der Waals surface area contributed by atoms with Gasteiger partial charge in [-0.15, -0.1) is 0 Å². The summed E-state index contributed by atoms with van der Waals surface area (Å²) in [5, 5.41) is 2.71. The number of ether oxygens (including phenoxy) is 2. The first-order chi connectivity index (χ1) is 8.36. The van der Waals surface area contributed by atoms with Crippen LogP contribution in [-0.2, 0) is 9.47 Å². The molecule has 1 N–H and O–H groups in total. The van der Waals surface area contributed by atoms with Gasteiger partial charge in [-0.3, -0.25) is 4.79 Å². The van der Waals surface area contributed by atoms with Crippen LogP contribution in [0.3, 0.4) is 0 Å². The Morgan fingerprint density at radius 3 is 2.88 bits per heavy atom. The quantitative estimate of drug-likeness (QED) is 0.811. The highest BCUT2D eigenvalue weighted by molar-refractivity contribution is 5.93. The van der Waals surface area contributed by atoms with Gasteiger partial charge in [0.2, 0.25) is 0 Å². The molecule has 1 aliphatic heterocycles. The summed E-state index contributed by atoms with van der Waals surface area (Å²) < 4.78 is 10.8. The number of carbonyl (C=O) groups is 1. The molecule has 0 spiro atoms. The van der Waals surface area contributed by atoms with Crippen molar-refractivity contribution in [2.75, 3.05) is 13.3 Å². The fourth-order valence-corrected chi connectivity index (χ4v) is 1.73. The van der Waals surface area contributed by atoms with Crippen LogP contribution in [0.4, 0.5) is 0 Å². The van der Waals surface area contributed by atoms with Gasteiger partial charge in [-0.05, 0) is 31.4 Å². The molecule has 0 aliphatic carbocycles. The van der Waals surface area contributed by atoms with Gasteiger partial charge < -0.3 is 14.8 Å². The van der Waals surface area contributed by atoms with Crippen LogP contribution in [0.2, 0.25) is 0 Å². The summed E-state index contributed by atoms with van der Waals surface area (Å²) in [7, 11) is 0. The third-order valence-corrected chi connectivity index (χ3v) is 2.68. The van der Waals surface area contributed by atoms with E-state index in [-0.39, 0.29) is 18.9 Å². The zero-order chi connectivity index (χ0) is 11.9. The molecule has 1 aromatic rings. The Hall–Kier alpha value is -1.39. The largest absolute Gasteiger partial charge is 0.353 e. The minimum absolute atomic E-state index is 0.124. The second-order valence-corrected chi connectivity index (χ2v) is 3.98. The smallest absolute Gasteiger partial charge is 0.253 e. The molecule has 4 heteroatoms. The van der Waals surface area contributed by atoms with Gasteiger partial charge in [0.1, 0.15) is 6.73 Å². The molecule has 0 bridgehead atoms. The molecular weight excluding hydrogens is 218 g/mol. The lowest BCUT2D eigenvalue weighted by molar-refractivity contribution is -0.164. The van der Waals surface area contributed by atoms with Crippen molar-refractivity contribution in [3.63, 3.8) is 0 Å². The highest BCUT2D eigenvalue weighted by Gasteiger charge is 2.14. The summed E-state index contributed by atoms with van der Waals surface area (Å²) in [6, 6.07) is 9.09. The minimum Gasteiger partial charge on any atom is -0.353 e. The van der Waals surface area contributed by atoms with Gasteiger partial charge in [-0.1, -0.05) is 18.2 Å². The Bertz CT molecular complexity index is 347. The molecule has 1 atom stereocenters. The number of amides is 1. The van der Waals surface area contributed by atoms with E-state index in [0.717, 1.165) is 25.9 Å². The van der Waals surface area contributed by atoms with Crippen LogP contribution in [0.1, 0.15) is 29.6 Å². The summed E-state index contributed by atoms with van der Waals surface area (Å²) in [5.41, 5.74) is 0.640. The van der Waals surface area contributed by atoms with Crippen molar-refractivity contribution in [2.24, 2.45) is 0 Å². The molecule has 1 unspecified atom stereocenters. The van der Waals surface area contributed by atoms with Crippen LogP contribution in [0, 0.1) is 0 Å². The van der Waals surface area contributed by atoms with Crippen LogP contribution in [0.15, 0.2) is 30.3 Å². The van der Waals surface area contributed by atoms with E-state index >= 15 is 0 Å². The molecule has 0 saturated carbocycles. The number of rotatable bonds is 4. The van der Waals surface area contributed by atoms with Gasteiger partial charge in [0.25, 0.3) is 5.91 Å². The lowest BCUT2D eigenvalue weighted by Gasteiger charge is -2.22. The predicted octanol–water partition coefficient (Wildman–Crippen LogP) is 1.92. The molecule has 2 rings (SSSR count). The third kappa shape index (κ3) is 3.84. The molecule has 17 heavy (non-hydrogen) atoms. The lowest BCUT2D eigenvalue weighted by atomic mass is 10.2. The van der Waals surface area contributed by atoms with Crippen molar-refractivity contribution in [1.82, 2.24) is 5.32 Å². The molecule has 4 nitrogen and oxygen atoms in total. The van der Waals surface area contributed by atoms with Crippen molar-refractivity contribution in [1.29, 1.82) is 0 Å². The van der Waals surface area contributed by atoms with E-state index in [4.69, 9.17) is 9.47 Å². The maximum Gasteiger partial charge on any atom is 0.253 e. The standard InChI is InChI=1S/C13H17NO3/c15-13(11-6-2-1-3-7-11)14-10-17-12-8-4-5-9-16-12/h1-3,6-7,12H,4-5,8-10H2,(H,14,15). The van der Waals surface area contributed by atoms with Crippen LogP contribution in [0.5, 0.6) is 0 Å². The molecule has 1 amide bonds. The zero-order valence-corrected chi connectivity index (χ0v) is 9.72. The zero-order valence-electron chi connectivity index (χ0n) is 9.72. The van der Waals surface area contributed by atoms with Gasteiger partial charge in [-0.25, -0.2) is 0 Å². The average Bonchev–Trinajstić information content (AvgIpc) is 2.41. The van der Waals surface area contributed by atoms with Gasteiger partial charge in [0.05, 0.1) is 0 Å². The lowest BCUT2D eigenvalue weighted by Crippen LogP contribution is -2.31. The SMILES string of the molecule is O=C(NCOC1CCCCO1)c1ccccc1. The minimum atomic E-state index is -0.167. The average molecular weight is 235 g/mol. The highest BCUT2D eigenvalue weighted by Crippen LogP contribution is 2.12. The fraction of sp³-hybridized carbons (Fsp3) is 0.462. The first kappa shape index (κ1) is 12.1. The first-order valence-corrected chi connectivity index (χ1v) is 5.93. The van der Waals surface area contributed by atoms with E-state index in [1.165, 1.54) is 0 Å². The monoisotopic (exact) mass is 235 g/mol. The van der Waals surface area contributed by atoms with Crippen molar-refractivity contribution >= 4 is 5.91 Å². The van der Waals surface area contributed by atoms with E-state index < -0.39 is 0 Å². The molecule has 1 fully saturated rings. The first-order valence-electron chi connectivity index (χ1n) is 5.93. The second kappa shape index (κ2) is 6.37. The summed E-state index contributed by atoms with van der Waals surface area (Å²) in [6.07, 6.45) is 2.95. The molecular formula is C13H17NO3. The fourth-order valence-electron chi connectivity index (χ4n) is 1.73. The molecule has 0 radical (unpaired) electrons. The van der Waals surface area contributed by atoms with Gasteiger partial charge in [0, 0.05) is 12.2 Å². The topological polar surface area (TPSA) is 47.6 Å². The summed E-state index contributed by atoms with van der Waals surface area (Å²) >= 11 is 0. The number of hydrogen-bond donors (Lipinski definition) is 1. The molecule has 92 valence electrons. The van der Waals surface area contributed by atoms with Crippen molar-refractivity contribution < 1.29 is 14.3 Å². The predicted molar refractivity (Wildman–Crippen MR) is 63.5 cm³/mol. The van der Waals surface area contributed by atoms with E-state index in [1.807, 2.05) is 18.2 Å². The Balaban J connectivity index is 1.69. The van der Waals surface area contributed by atoms with Crippen LogP contribution < -0.4 is 5.32 Å². The van der Waals surface area contributed by atoms with E-state index in [2.05, 4.69) is 5.32 Å². The van der Waals surface area contributed by atoms with Crippen LogP contribution in [0.25, 0.3) is 0 Å². The molecule has 0 aromatic heterocycles. The van der Waals surface area contributed by atoms with Crippen molar-refractivity contribution in [2.45, 2.75) is 25.6 Å². The maximum atomic E-state index is 11.7. The Morgan fingerprint density at radius 1 is 1.35 bits per heavy atom. The third-order valence-electron chi connectivity index (χ3n) is 2.68. The highest BCUT2D eigenvalue weighted by atomic mass is 16.7. The molecule has 1 aliphatic rings.